The third-order valence-corrected chi connectivity index (χ3v) is 2.76. The van der Waals surface area contributed by atoms with Crippen molar-refractivity contribution in [3.63, 3.8) is 0 Å². The second-order valence-electron chi connectivity index (χ2n) is 5.76. The number of rotatable bonds is 4. The molecule has 1 heterocycles. The van der Waals surface area contributed by atoms with Crippen LogP contribution in [0.4, 0.5) is 4.79 Å². The minimum absolute atomic E-state index is 0.0512. The van der Waals surface area contributed by atoms with Gasteiger partial charge >= 0.3 is 6.09 Å². The van der Waals surface area contributed by atoms with Crippen LogP contribution in [0.3, 0.4) is 0 Å². The summed E-state index contributed by atoms with van der Waals surface area (Å²) in [7, 11) is 0. The highest BCUT2D eigenvalue weighted by Gasteiger charge is 2.20. The van der Waals surface area contributed by atoms with Crippen LogP contribution in [-0.2, 0) is 9.53 Å². The first-order valence-corrected chi connectivity index (χ1v) is 6.84. The van der Waals surface area contributed by atoms with Gasteiger partial charge in [0.2, 0.25) is 5.91 Å². The van der Waals surface area contributed by atoms with Crippen molar-refractivity contribution in [3.05, 3.63) is 0 Å². The van der Waals surface area contributed by atoms with E-state index in [2.05, 4.69) is 16.0 Å². The van der Waals surface area contributed by atoms with Gasteiger partial charge < -0.3 is 20.7 Å². The van der Waals surface area contributed by atoms with Gasteiger partial charge in [0.1, 0.15) is 5.60 Å². The van der Waals surface area contributed by atoms with Gasteiger partial charge in [0, 0.05) is 19.6 Å². The van der Waals surface area contributed by atoms with Crippen molar-refractivity contribution < 1.29 is 14.3 Å². The minimum atomic E-state index is -0.499. The van der Waals surface area contributed by atoms with Gasteiger partial charge in [-0.2, -0.15) is 0 Å². The summed E-state index contributed by atoms with van der Waals surface area (Å²) in [6.07, 6.45) is 1.51. The fraction of sp³-hybridized carbons (Fsp3) is 0.846. The van der Waals surface area contributed by atoms with Gasteiger partial charge in [-0.15, -0.1) is 0 Å². The fourth-order valence-electron chi connectivity index (χ4n) is 1.88. The molecule has 1 fully saturated rings. The summed E-state index contributed by atoms with van der Waals surface area (Å²) < 4.78 is 5.09. The quantitative estimate of drug-likeness (QED) is 0.655. The maximum Gasteiger partial charge on any atom is 0.407 e. The first-order valence-electron chi connectivity index (χ1n) is 6.84. The maximum absolute atomic E-state index is 11.8. The van der Waals surface area contributed by atoms with E-state index in [0.29, 0.717) is 13.1 Å². The highest BCUT2D eigenvalue weighted by atomic mass is 16.6. The zero-order valence-electron chi connectivity index (χ0n) is 12.0. The van der Waals surface area contributed by atoms with Crippen molar-refractivity contribution in [2.24, 2.45) is 5.92 Å². The zero-order chi connectivity index (χ0) is 14.3. The lowest BCUT2D eigenvalue weighted by atomic mass is 9.99. The molecule has 1 rings (SSSR count). The number of hydrogen-bond donors (Lipinski definition) is 3. The predicted octanol–water partition coefficient (Wildman–Crippen LogP) is 0.627. The molecule has 0 aromatic heterocycles. The number of amides is 2. The molecular weight excluding hydrogens is 246 g/mol. The molecule has 2 amide bonds. The molecule has 0 unspecified atom stereocenters. The van der Waals surface area contributed by atoms with Crippen molar-refractivity contribution >= 4 is 12.0 Å². The standard InChI is InChI=1S/C13H25N3O3/c1-13(2,3)19-12(18)16-8-7-15-11(17)10-5-4-6-14-9-10/h10,14H,4-9H2,1-3H3,(H,15,17)(H,16,18)/t10-/m1/s1. The smallest absolute Gasteiger partial charge is 0.407 e. The Labute approximate surface area is 114 Å². The number of hydrogen-bond acceptors (Lipinski definition) is 4. The highest BCUT2D eigenvalue weighted by molar-refractivity contribution is 5.79. The maximum atomic E-state index is 11.8. The Morgan fingerprint density at radius 3 is 2.53 bits per heavy atom. The number of carbonyl (C=O) groups excluding carboxylic acids is 2. The largest absolute Gasteiger partial charge is 0.444 e. The summed E-state index contributed by atoms with van der Waals surface area (Å²) in [5.41, 5.74) is -0.499. The third kappa shape index (κ3) is 7.00. The normalized spacial score (nSPS) is 19.6. The summed E-state index contributed by atoms with van der Waals surface area (Å²) in [4.78, 5) is 23.1. The minimum Gasteiger partial charge on any atom is -0.444 e. The molecule has 19 heavy (non-hydrogen) atoms. The number of carbonyl (C=O) groups is 2. The molecule has 1 atom stereocenters. The van der Waals surface area contributed by atoms with E-state index in [0.717, 1.165) is 25.9 Å². The van der Waals surface area contributed by atoms with Gasteiger partial charge in [-0.05, 0) is 40.2 Å². The van der Waals surface area contributed by atoms with E-state index in [1.54, 1.807) is 0 Å². The van der Waals surface area contributed by atoms with Crippen molar-refractivity contribution in [2.45, 2.75) is 39.2 Å². The van der Waals surface area contributed by atoms with Crippen molar-refractivity contribution in [3.8, 4) is 0 Å². The molecule has 1 aliphatic rings. The van der Waals surface area contributed by atoms with Crippen LogP contribution >= 0.6 is 0 Å². The molecule has 0 saturated carbocycles. The van der Waals surface area contributed by atoms with Crippen LogP contribution in [0.5, 0.6) is 0 Å². The van der Waals surface area contributed by atoms with Crippen molar-refractivity contribution in [2.75, 3.05) is 26.2 Å². The third-order valence-electron chi connectivity index (χ3n) is 2.76. The molecule has 0 spiro atoms. The van der Waals surface area contributed by atoms with Crippen molar-refractivity contribution in [1.82, 2.24) is 16.0 Å². The number of alkyl carbamates (subject to hydrolysis) is 1. The van der Waals surface area contributed by atoms with Gasteiger partial charge in [-0.1, -0.05) is 0 Å². The topological polar surface area (TPSA) is 79.5 Å². The summed E-state index contributed by atoms with van der Waals surface area (Å²) in [6, 6.07) is 0. The lowest BCUT2D eigenvalue weighted by molar-refractivity contribution is -0.125. The van der Waals surface area contributed by atoms with E-state index in [9.17, 15) is 9.59 Å². The Morgan fingerprint density at radius 2 is 1.95 bits per heavy atom. The Morgan fingerprint density at radius 1 is 1.26 bits per heavy atom. The number of nitrogens with one attached hydrogen (secondary N) is 3. The van der Waals surface area contributed by atoms with E-state index in [4.69, 9.17) is 4.74 Å². The molecule has 0 aliphatic carbocycles. The lowest BCUT2D eigenvalue weighted by Gasteiger charge is -2.22. The molecule has 6 heteroatoms. The van der Waals surface area contributed by atoms with E-state index in [1.165, 1.54) is 0 Å². The average molecular weight is 271 g/mol. The van der Waals surface area contributed by atoms with Gasteiger partial charge in [0.05, 0.1) is 5.92 Å². The summed E-state index contributed by atoms with van der Waals surface area (Å²) in [5, 5.41) is 8.63. The monoisotopic (exact) mass is 271 g/mol. The Bertz CT molecular complexity index is 307. The molecule has 0 bridgehead atoms. The first-order chi connectivity index (χ1) is 8.88. The van der Waals surface area contributed by atoms with Crippen LogP contribution < -0.4 is 16.0 Å². The van der Waals surface area contributed by atoms with Crippen LogP contribution in [0.1, 0.15) is 33.6 Å². The van der Waals surface area contributed by atoms with E-state index in [-0.39, 0.29) is 11.8 Å². The molecule has 1 aliphatic heterocycles. The Balaban J connectivity index is 2.10. The molecule has 110 valence electrons. The molecule has 3 N–H and O–H groups in total. The number of piperidine rings is 1. The second-order valence-corrected chi connectivity index (χ2v) is 5.76. The van der Waals surface area contributed by atoms with E-state index in [1.807, 2.05) is 20.8 Å². The van der Waals surface area contributed by atoms with E-state index < -0.39 is 11.7 Å². The fourth-order valence-corrected chi connectivity index (χ4v) is 1.88. The molecule has 6 nitrogen and oxygen atoms in total. The van der Waals surface area contributed by atoms with Crippen LogP contribution in [0.15, 0.2) is 0 Å². The van der Waals surface area contributed by atoms with Gasteiger partial charge in [-0.3, -0.25) is 4.79 Å². The second kappa shape index (κ2) is 7.33. The SMILES string of the molecule is CC(C)(C)OC(=O)NCCNC(=O)[C@@H]1CCCNC1. The van der Waals surface area contributed by atoms with Crippen LogP contribution in [0.2, 0.25) is 0 Å². The van der Waals surface area contributed by atoms with E-state index >= 15 is 0 Å². The summed E-state index contributed by atoms with van der Waals surface area (Å²) in [6.45, 7) is 7.96. The predicted molar refractivity (Wildman–Crippen MR) is 72.8 cm³/mol. The molecule has 0 aromatic carbocycles. The van der Waals surface area contributed by atoms with Gasteiger partial charge in [-0.25, -0.2) is 4.79 Å². The highest BCUT2D eigenvalue weighted by Crippen LogP contribution is 2.09. The van der Waals surface area contributed by atoms with Crippen LogP contribution in [0.25, 0.3) is 0 Å². The molecule has 0 radical (unpaired) electrons. The first kappa shape index (κ1) is 15.8. The van der Waals surface area contributed by atoms with Crippen molar-refractivity contribution in [1.29, 1.82) is 0 Å². The zero-order valence-corrected chi connectivity index (χ0v) is 12.0. The van der Waals surface area contributed by atoms with Gasteiger partial charge in [0.15, 0.2) is 0 Å². The Hall–Kier alpha value is -1.30. The molecule has 0 aromatic rings. The molecular formula is C13H25N3O3. The van der Waals surface area contributed by atoms with Gasteiger partial charge in [0.25, 0.3) is 0 Å². The summed E-state index contributed by atoms with van der Waals surface area (Å²) >= 11 is 0. The number of ether oxygens (including phenoxy) is 1. The summed E-state index contributed by atoms with van der Waals surface area (Å²) in [5.74, 6) is 0.105. The Kier molecular flexibility index (Phi) is 6.08. The average Bonchev–Trinajstić information content (AvgIpc) is 2.33. The van der Waals surface area contributed by atoms with Crippen LogP contribution in [0, 0.1) is 5.92 Å². The molecule has 1 saturated heterocycles. The lowest BCUT2D eigenvalue weighted by Crippen LogP contribution is -2.43. The van der Waals surface area contributed by atoms with Crippen LogP contribution in [-0.4, -0.2) is 43.8 Å².